The molecule has 2 N–H and O–H groups in total. The molecule has 3 aromatic rings. The Morgan fingerprint density at radius 3 is 2.39 bits per heavy atom. The number of rotatable bonds is 5. The molecular formula is C20H23FN2. The third kappa shape index (κ3) is 3.30. The molecule has 0 unspecified atom stereocenters. The lowest BCUT2D eigenvalue weighted by atomic mass is 10.0. The lowest BCUT2D eigenvalue weighted by molar-refractivity contribution is 0.534. The number of nitrogens with two attached hydrogens (primary N) is 1. The normalized spacial score (nSPS) is 11.5. The second-order valence-electron chi connectivity index (χ2n) is 6.48. The minimum atomic E-state index is -0.205. The van der Waals surface area contributed by atoms with Crippen LogP contribution in [0.2, 0.25) is 0 Å². The summed E-state index contributed by atoms with van der Waals surface area (Å²) in [6.45, 7) is 6.07. The zero-order chi connectivity index (χ0) is 16.4. The summed E-state index contributed by atoms with van der Waals surface area (Å²) in [5, 5.41) is 1.27. The van der Waals surface area contributed by atoms with Crippen LogP contribution in [0.25, 0.3) is 22.0 Å². The number of halogens is 1. The topological polar surface area (TPSA) is 30.9 Å². The molecule has 23 heavy (non-hydrogen) atoms. The summed E-state index contributed by atoms with van der Waals surface area (Å²) in [5.74, 6) is 0.369. The molecule has 1 aromatic heterocycles. The smallest absolute Gasteiger partial charge is 0.123 e. The van der Waals surface area contributed by atoms with Gasteiger partial charge in [-0.1, -0.05) is 38.1 Å². The maximum Gasteiger partial charge on any atom is 0.123 e. The SMILES string of the molecule is CC(C)Cn1cc(CCN)c2ccc(-c3ccc(F)cc3)cc21. The van der Waals surface area contributed by atoms with Gasteiger partial charge in [-0.05, 0) is 53.8 Å². The minimum absolute atomic E-state index is 0.205. The lowest BCUT2D eigenvalue weighted by Crippen LogP contribution is -2.04. The van der Waals surface area contributed by atoms with E-state index in [1.165, 1.54) is 28.6 Å². The Kier molecular flexibility index (Phi) is 4.49. The predicted molar refractivity (Wildman–Crippen MR) is 94.9 cm³/mol. The van der Waals surface area contributed by atoms with E-state index in [0.29, 0.717) is 12.5 Å². The van der Waals surface area contributed by atoms with Gasteiger partial charge in [-0.2, -0.15) is 0 Å². The molecule has 0 aliphatic rings. The van der Waals surface area contributed by atoms with Crippen LogP contribution >= 0.6 is 0 Å². The number of fused-ring (bicyclic) bond motifs is 1. The summed E-state index contributed by atoms with van der Waals surface area (Å²) < 4.78 is 15.5. The molecule has 0 saturated heterocycles. The summed E-state index contributed by atoms with van der Waals surface area (Å²) in [7, 11) is 0. The third-order valence-electron chi connectivity index (χ3n) is 4.12. The number of hydrogen-bond donors (Lipinski definition) is 1. The fourth-order valence-corrected chi connectivity index (χ4v) is 3.09. The Morgan fingerprint density at radius 1 is 1.04 bits per heavy atom. The van der Waals surface area contributed by atoms with Gasteiger partial charge in [-0.15, -0.1) is 0 Å². The molecule has 0 fully saturated rings. The largest absolute Gasteiger partial charge is 0.347 e. The van der Waals surface area contributed by atoms with E-state index in [-0.39, 0.29) is 5.82 Å². The number of benzene rings is 2. The van der Waals surface area contributed by atoms with E-state index in [1.807, 2.05) is 12.1 Å². The van der Waals surface area contributed by atoms with E-state index in [0.717, 1.165) is 24.1 Å². The molecule has 3 heteroatoms. The van der Waals surface area contributed by atoms with Gasteiger partial charge in [0.1, 0.15) is 5.82 Å². The molecule has 0 amide bonds. The molecule has 3 rings (SSSR count). The van der Waals surface area contributed by atoms with Gasteiger partial charge in [0.25, 0.3) is 0 Å². The minimum Gasteiger partial charge on any atom is -0.347 e. The maximum absolute atomic E-state index is 13.1. The standard InChI is InChI=1S/C20H23FN2/c1-14(2)12-23-13-17(9-10-22)19-8-5-16(11-20(19)23)15-3-6-18(21)7-4-15/h3-8,11,13-14H,9-10,12,22H2,1-2H3. The van der Waals surface area contributed by atoms with Crippen molar-refractivity contribution in [2.75, 3.05) is 6.54 Å². The first-order chi connectivity index (χ1) is 11.1. The Bertz CT molecular complexity index is 800. The second-order valence-corrected chi connectivity index (χ2v) is 6.48. The van der Waals surface area contributed by atoms with Crippen molar-refractivity contribution in [3.8, 4) is 11.1 Å². The highest BCUT2D eigenvalue weighted by Gasteiger charge is 2.10. The molecule has 0 atom stereocenters. The Balaban J connectivity index is 2.11. The molecular weight excluding hydrogens is 287 g/mol. The average Bonchev–Trinajstić information content (AvgIpc) is 2.85. The molecule has 0 bridgehead atoms. The fourth-order valence-electron chi connectivity index (χ4n) is 3.09. The van der Waals surface area contributed by atoms with E-state index in [2.05, 4.69) is 42.8 Å². The van der Waals surface area contributed by atoms with Crippen LogP contribution in [0.3, 0.4) is 0 Å². The van der Waals surface area contributed by atoms with Gasteiger partial charge in [0, 0.05) is 23.6 Å². The van der Waals surface area contributed by atoms with Gasteiger partial charge in [0.15, 0.2) is 0 Å². The first-order valence-electron chi connectivity index (χ1n) is 8.16. The van der Waals surface area contributed by atoms with Gasteiger partial charge in [-0.25, -0.2) is 4.39 Å². The Morgan fingerprint density at radius 2 is 1.74 bits per heavy atom. The van der Waals surface area contributed by atoms with Crippen LogP contribution in [-0.2, 0) is 13.0 Å². The van der Waals surface area contributed by atoms with Crippen molar-refractivity contribution in [2.24, 2.45) is 11.7 Å². The molecule has 0 saturated carbocycles. The van der Waals surface area contributed by atoms with Crippen molar-refractivity contribution in [3.63, 3.8) is 0 Å². The van der Waals surface area contributed by atoms with Crippen LogP contribution in [0.5, 0.6) is 0 Å². The zero-order valence-electron chi connectivity index (χ0n) is 13.7. The van der Waals surface area contributed by atoms with E-state index >= 15 is 0 Å². The summed E-state index contributed by atoms with van der Waals surface area (Å²) in [6, 6.07) is 13.1. The van der Waals surface area contributed by atoms with Crippen LogP contribution in [0, 0.1) is 11.7 Å². The van der Waals surface area contributed by atoms with Crippen LogP contribution in [0.15, 0.2) is 48.7 Å². The molecule has 1 heterocycles. The highest BCUT2D eigenvalue weighted by Crippen LogP contribution is 2.29. The monoisotopic (exact) mass is 310 g/mol. The molecule has 0 aliphatic heterocycles. The molecule has 0 radical (unpaired) electrons. The summed E-state index contributed by atoms with van der Waals surface area (Å²) in [5.41, 5.74) is 10.4. The molecule has 2 aromatic carbocycles. The second kappa shape index (κ2) is 6.55. The summed E-state index contributed by atoms with van der Waals surface area (Å²) in [4.78, 5) is 0. The average molecular weight is 310 g/mol. The number of hydrogen-bond acceptors (Lipinski definition) is 1. The van der Waals surface area contributed by atoms with Crippen molar-refractivity contribution in [3.05, 3.63) is 60.0 Å². The lowest BCUT2D eigenvalue weighted by Gasteiger charge is -2.09. The zero-order valence-corrected chi connectivity index (χ0v) is 13.7. The van der Waals surface area contributed by atoms with E-state index in [9.17, 15) is 4.39 Å². The van der Waals surface area contributed by atoms with Gasteiger partial charge < -0.3 is 10.3 Å². The first kappa shape index (κ1) is 15.8. The summed E-state index contributed by atoms with van der Waals surface area (Å²) in [6.07, 6.45) is 3.11. The first-order valence-corrected chi connectivity index (χ1v) is 8.16. The highest BCUT2D eigenvalue weighted by atomic mass is 19.1. The number of aromatic nitrogens is 1. The predicted octanol–water partition coefficient (Wildman–Crippen LogP) is 4.60. The number of nitrogens with zero attached hydrogens (tertiary/aromatic N) is 1. The van der Waals surface area contributed by atoms with Crippen molar-refractivity contribution in [2.45, 2.75) is 26.8 Å². The molecule has 2 nitrogen and oxygen atoms in total. The third-order valence-corrected chi connectivity index (χ3v) is 4.12. The fraction of sp³-hybridized carbons (Fsp3) is 0.300. The van der Waals surface area contributed by atoms with Gasteiger partial charge in [0.2, 0.25) is 0 Å². The summed E-state index contributed by atoms with van der Waals surface area (Å²) >= 11 is 0. The van der Waals surface area contributed by atoms with Crippen molar-refractivity contribution in [1.82, 2.24) is 4.57 Å². The van der Waals surface area contributed by atoms with Gasteiger partial charge >= 0.3 is 0 Å². The maximum atomic E-state index is 13.1. The van der Waals surface area contributed by atoms with Crippen molar-refractivity contribution in [1.29, 1.82) is 0 Å². The van der Waals surface area contributed by atoms with Crippen molar-refractivity contribution >= 4 is 10.9 Å². The van der Waals surface area contributed by atoms with Gasteiger partial charge in [0.05, 0.1) is 0 Å². The Labute approximate surface area is 136 Å². The molecule has 0 spiro atoms. The van der Waals surface area contributed by atoms with Crippen LogP contribution in [0.4, 0.5) is 4.39 Å². The van der Waals surface area contributed by atoms with Crippen LogP contribution in [-0.4, -0.2) is 11.1 Å². The molecule has 0 aliphatic carbocycles. The van der Waals surface area contributed by atoms with Crippen LogP contribution < -0.4 is 5.73 Å². The van der Waals surface area contributed by atoms with E-state index < -0.39 is 0 Å². The Hall–Kier alpha value is -2.13. The van der Waals surface area contributed by atoms with Gasteiger partial charge in [-0.3, -0.25) is 0 Å². The van der Waals surface area contributed by atoms with E-state index in [4.69, 9.17) is 5.73 Å². The highest BCUT2D eigenvalue weighted by molar-refractivity contribution is 5.88. The molecule has 120 valence electrons. The van der Waals surface area contributed by atoms with Crippen LogP contribution in [0.1, 0.15) is 19.4 Å². The van der Waals surface area contributed by atoms with E-state index in [1.54, 1.807) is 0 Å². The quantitative estimate of drug-likeness (QED) is 0.733. The van der Waals surface area contributed by atoms with Crippen molar-refractivity contribution < 1.29 is 4.39 Å².